The van der Waals surface area contributed by atoms with E-state index in [1.807, 2.05) is 11.8 Å². The minimum absolute atomic E-state index is 0.000948. The summed E-state index contributed by atoms with van der Waals surface area (Å²) in [6, 6.07) is 0. The highest BCUT2D eigenvalue weighted by atomic mass is 16.5. The number of ether oxygens (including phenoxy) is 1. The smallest absolute Gasteiger partial charge is 0.303 e. The van der Waals surface area contributed by atoms with E-state index in [9.17, 15) is 9.59 Å². The van der Waals surface area contributed by atoms with Gasteiger partial charge in [-0.1, -0.05) is 0 Å². The van der Waals surface area contributed by atoms with Crippen molar-refractivity contribution in [2.45, 2.75) is 32.3 Å². The summed E-state index contributed by atoms with van der Waals surface area (Å²) in [4.78, 5) is 24.6. The molecule has 0 radical (unpaired) electrons. The van der Waals surface area contributed by atoms with Gasteiger partial charge in [0.05, 0.1) is 12.0 Å². The average Bonchev–Trinajstić information content (AvgIpc) is 2.85. The van der Waals surface area contributed by atoms with E-state index in [0.29, 0.717) is 19.7 Å². The van der Waals surface area contributed by atoms with E-state index in [-0.39, 0.29) is 30.3 Å². The van der Waals surface area contributed by atoms with Crippen LogP contribution in [-0.4, -0.2) is 47.7 Å². The predicted octanol–water partition coefficient (Wildman–Crippen LogP) is 0.735. The van der Waals surface area contributed by atoms with Crippen LogP contribution < -0.4 is 0 Å². The molecule has 2 heterocycles. The third-order valence-corrected chi connectivity index (χ3v) is 3.75. The molecule has 1 N–H and O–H groups in total. The zero-order valence-electron chi connectivity index (χ0n) is 10.1. The number of likely N-dealkylation sites (tertiary alicyclic amines) is 1. The molecule has 2 fully saturated rings. The van der Waals surface area contributed by atoms with Crippen LogP contribution in [0.4, 0.5) is 0 Å². The molecule has 0 spiro atoms. The fourth-order valence-corrected chi connectivity index (χ4v) is 2.74. The van der Waals surface area contributed by atoms with E-state index in [2.05, 4.69) is 0 Å². The van der Waals surface area contributed by atoms with Crippen molar-refractivity contribution < 1.29 is 19.4 Å². The maximum Gasteiger partial charge on any atom is 0.303 e. The van der Waals surface area contributed by atoms with Crippen LogP contribution >= 0.6 is 0 Å². The topological polar surface area (TPSA) is 66.8 Å². The molecule has 3 unspecified atom stereocenters. The number of aliphatic carboxylic acids is 1. The number of hydrogen-bond acceptors (Lipinski definition) is 3. The van der Waals surface area contributed by atoms with Gasteiger partial charge in [-0.05, 0) is 25.7 Å². The first-order valence-corrected chi connectivity index (χ1v) is 6.20. The number of amides is 1. The Balaban J connectivity index is 1.87. The Labute approximate surface area is 101 Å². The summed E-state index contributed by atoms with van der Waals surface area (Å²) in [5.74, 6) is -0.544. The maximum atomic E-state index is 12.2. The summed E-state index contributed by atoms with van der Waals surface area (Å²) >= 11 is 0. The van der Waals surface area contributed by atoms with E-state index in [1.54, 1.807) is 0 Å². The molecule has 17 heavy (non-hydrogen) atoms. The third-order valence-electron chi connectivity index (χ3n) is 3.75. The summed E-state index contributed by atoms with van der Waals surface area (Å²) in [7, 11) is 0. The van der Waals surface area contributed by atoms with Crippen LogP contribution in [0, 0.1) is 11.8 Å². The number of carboxylic acid groups (broad SMARTS) is 1. The molecule has 0 aliphatic carbocycles. The van der Waals surface area contributed by atoms with E-state index in [1.165, 1.54) is 0 Å². The van der Waals surface area contributed by atoms with Gasteiger partial charge in [0.25, 0.3) is 0 Å². The number of hydrogen-bond donors (Lipinski definition) is 1. The molecule has 3 atom stereocenters. The number of rotatable bonds is 3. The van der Waals surface area contributed by atoms with Gasteiger partial charge < -0.3 is 14.7 Å². The Morgan fingerprint density at radius 2 is 2.18 bits per heavy atom. The zero-order valence-corrected chi connectivity index (χ0v) is 10.1. The highest BCUT2D eigenvalue weighted by molar-refractivity contribution is 5.80. The van der Waals surface area contributed by atoms with Crippen molar-refractivity contribution in [1.29, 1.82) is 0 Å². The number of carboxylic acids is 1. The lowest BCUT2D eigenvalue weighted by molar-refractivity contribution is -0.139. The van der Waals surface area contributed by atoms with Gasteiger partial charge in [0.1, 0.15) is 0 Å². The third kappa shape index (κ3) is 2.77. The summed E-state index contributed by atoms with van der Waals surface area (Å²) in [6.45, 7) is 3.87. The van der Waals surface area contributed by atoms with Crippen LogP contribution in [0.2, 0.25) is 0 Å². The normalized spacial score (nSPS) is 33.0. The summed E-state index contributed by atoms with van der Waals surface area (Å²) in [5, 5.41) is 8.73. The molecule has 1 amide bonds. The Kier molecular flexibility index (Phi) is 3.66. The number of nitrogens with zero attached hydrogens (tertiary/aromatic N) is 1. The van der Waals surface area contributed by atoms with Gasteiger partial charge in [-0.3, -0.25) is 9.59 Å². The Morgan fingerprint density at radius 3 is 2.76 bits per heavy atom. The predicted molar refractivity (Wildman–Crippen MR) is 60.5 cm³/mol. The molecule has 2 rings (SSSR count). The highest BCUT2D eigenvalue weighted by Crippen LogP contribution is 2.27. The second-order valence-electron chi connectivity index (χ2n) is 5.01. The van der Waals surface area contributed by atoms with Crippen molar-refractivity contribution in [3.8, 4) is 0 Å². The quantitative estimate of drug-likeness (QED) is 0.791. The minimum atomic E-state index is -0.776. The second kappa shape index (κ2) is 5.04. The second-order valence-corrected chi connectivity index (χ2v) is 5.01. The van der Waals surface area contributed by atoms with Gasteiger partial charge in [-0.2, -0.15) is 0 Å². The van der Waals surface area contributed by atoms with Crippen molar-refractivity contribution >= 4 is 11.9 Å². The largest absolute Gasteiger partial charge is 0.481 e. The van der Waals surface area contributed by atoms with Gasteiger partial charge in [0, 0.05) is 26.1 Å². The number of carbonyl (C=O) groups is 2. The first kappa shape index (κ1) is 12.4. The molecule has 2 aliphatic heterocycles. The van der Waals surface area contributed by atoms with Gasteiger partial charge in [-0.15, -0.1) is 0 Å². The van der Waals surface area contributed by atoms with E-state index >= 15 is 0 Å². The molecular weight excluding hydrogens is 222 g/mol. The zero-order chi connectivity index (χ0) is 12.4. The van der Waals surface area contributed by atoms with E-state index < -0.39 is 5.97 Å². The van der Waals surface area contributed by atoms with Gasteiger partial charge in [-0.25, -0.2) is 0 Å². The molecular formula is C12H19NO4. The van der Waals surface area contributed by atoms with E-state index in [0.717, 1.165) is 12.8 Å². The fourth-order valence-electron chi connectivity index (χ4n) is 2.74. The van der Waals surface area contributed by atoms with Crippen LogP contribution in [0.25, 0.3) is 0 Å². The highest BCUT2D eigenvalue weighted by Gasteiger charge is 2.36. The first-order valence-electron chi connectivity index (χ1n) is 6.20. The molecule has 2 saturated heterocycles. The molecule has 5 heteroatoms. The molecule has 0 aromatic rings. The Hall–Kier alpha value is -1.10. The van der Waals surface area contributed by atoms with E-state index in [4.69, 9.17) is 9.84 Å². The lowest BCUT2D eigenvalue weighted by atomic mass is 10.0. The van der Waals surface area contributed by atoms with Gasteiger partial charge in [0.15, 0.2) is 0 Å². The fraction of sp³-hybridized carbons (Fsp3) is 0.833. The molecule has 2 aliphatic rings. The van der Waals surface area contributed by atoms with Crippen molar-refractivity contribution in [3.05, 3.63) is 0 Å². The molecule has 5 nitrogen and oxygen atoms in total. The minimum Gasteiger partial charge on any atom is -0.481 e. The average molecular weight is 241 g/mol. The van der Waals surface area contributed by atoms with Gasteiger partial charge in [0.2, 0.25) is 5.91 Å². The van der Waals surface area contributed by atoms with Crippen LogP contribution in [0.1, 0.15) is 26.2 Å². The molecule has 0 saturated carbocycles. The lowest BCUT2D eigenvalue weighted by Gasteiger charge is -2.22. The van der Waals surface area contributed by atoms with Crippen molar-refractivity contribution in [1.82, 2.24) is 4.90 Å². The van der Waals surface area contributed by atoms with Crippen molar-refractivity contribution in [2.24, 2.45) is 11.8 Å². The van der Waals surface area contributed by atoms with Crippen LogP contribution in [0.3, 0.4) is 0 Å². The Bertz CT molecular complexity index is 318. The lowest BCUT2D eigenvalue weighted by Crippen LogP contribution is -2.37. The summed E-state index contributed by atoms with van der Waals surface area (Å²) in [5.41, 5.74) is 0. The summed E-state index contributed by atoms with van der Waals surface area (Å²) in [6.07, 6.45) is 1.77. The Morgan fingerprint density at radius 1 is 1.41 bits per heavy atom. The van der Waals surface area contributed by atoms with Crippen molar-refractivity contribution in [2.75, 3.05) is 19.7 Å². The monoisotopic (exact) mass is 241 g/mol. The van der Waals surface area contributed by atoms with Crippen LogP contribution in [-0.2, 0) is 14.3 Å². The SMILES string of the molecule is CC1OCCC1C(=O)N1CCC(CC(=O)O)C1. The van der Waals surface area contributed by atoms with Crippen molar-refractivity contribution in [3.63, 3.8) is 0 Å². The number of carbonyl (C=O) groups excluding carboxylic acids is 1. The molecule has 96 valence electrons. The first-order chi connectivity index (χ1) is 8.08. The maximum absolute atomic E-state index is 12.2. The standard InChI is InChI=1S/C12H19NO4/c1-8-10(3-5-17-8)12(16)13-4-2-9(7-13)6-11(14)15/h8-10H,2-7H2,1H3,(H,14,15). The molecule has 0 aromatic heterocycles. The van der Waals surface area contributed by atoms with Crippen LogP contribution in [0.5, 0.6) is 0 Å². The summed E-state index contributed by atoms with van der Waals surface area (Å²) < 4.78 is 5.40. The molecule has 0 bridgehead atoms. The molecule has 0 aromatic carbocycles. The van der Waals surface area contributed by atoms with Crippen LogP contribution in [0.15, 0.2) is 0 Å². The van der Waals surface area contributed by atoms with Gasteiger partial charge >= 0.3 is 5.97 Å².